The number of nitrogens with zero attached hydrogens (tertiary/aromatic N) is 1. The Kier molecular flexibility index (Phi) is 2.58. The number of rotatable bonds is 2. The van der Waals surface area contributed by atoms with Crippen LogP contribution in [0.1, 0.15) is 0 Å². The highest BCUT2D eigenvalue weighted by molar-refractivity contribution is 6.30. The van der Waals surface area contributed by atoms with Crippen molar-refractivity contribution < 1.29 is 0 Å². The number of nitrogens with two attached hydrogens (primary N) is 1. The van der Waals surface area contributed by atoms with Crippen LogP contribution in [-0.2, 0) is 0 Å². The Morgan fingerprint density at radius 1 is 1.07 bits per heavy atom. The fourth-order valence-corrected chi connectivity index (χ4v) is 1.33. The molecule has 0 aliphatic heterocycles. The van der Waals surface area contributed by atoms with Gasteiger partial charge in [0.2, 0.25) is 0 Å². The fraction of sp³-hybridized carbons (Fsp3) is 0. The Bertz CT molecular complexity index is 457. The molecule has 0 saturated heterocycles. The molecule has 0 bridgehead atoms. The van der Waals surface area contributed by atoms with Gasteiger partial charge >= 0.3 is 0 Å². The fourth-order valence-electron chi connectivity index (χ4n) is 1.33. The van der Waals surface area contributed by atoms with Crippen LogP contribution in [0.2, 0.25) is 0 Å². The van der Waals surface area contributed by atoms with Crippen molar-refractivity contribution in [1.82, 2.24) is 4.98 Å². The second-order valence-electron chi connectivity index (χ2n) is 3.38. The third kappa shape index (κ3) is 2.28. The predicted octanol–water partition coefficient (Wildman–Crippen LogP) is 0.666. The largest absolute Gasteiger partial charge is 0.396 e. The molecule has 15 heavy (non-hydrogen) atoms. The lowest BCUT2D eigenvalue weighted by Gasteiger charge is -2.08. The molecular weight excluding hydrogens is 185 g/mol. The number of nitrogen functional groups attached to an aromatic ring is 1. The summed E-state index contributed by atoms with van der Waals surface area (Å²) in [5.41, 5.74) is 8.40. The predicted molar refractivity (Wildman–Crippen MR) is 66.6 cm³/mol. The molecule has 0 radical (unpaired) electrons. The topological polar surface area (TPSA) is 50.9 Å². The number of nitrogens with one attached hydrogen (secondary N) is 1. The van der Waals surface area contributed by atoms with Crippen LogP contribution in [-0.4, -0.2) is 12.8 Å². The third-order valence-corrected chi connectivity index (χ3v) is 2.10. The molecule has 0 aliphatic carbocycles. The van der Waals surface area contributed by atoms with Crippen LogP contribution in [0.3, 0.4) is 0 Å². The van der Waals surface area contributed by atoms with E-state index in [0.717, 1.165) is 11.3 Å². The molecule has 0 aliphatic rings. The number of hydrogen-bond donors (Lipinski definition) is 2. The van der Waals surface area contributed by atoms with Crippen molar-refractivity contribution in [3.05, 3.63) is 42.5 Å². The summed E-state index contributed by atoms with van der Waals surface area (Å²) in [6.07, 6.45) is 0. The van der Waals surface area contributed by atoms with Crippen molar-refractivity contribution >= 4 is 30.6 Å². The van der Waals surface area contributed by atoms with E-state index in [9.17, 15) is 0 Å². The van der Waals surface area contributed by atoms with Gasteiger partial charge in [0.05, 0.1) is 5.69 Å². The van der Waals surface area contributed by atoms with E-state index in [1.165, 1.54) is 0 Å². The minimum Gasteiger partial charge on any atom is -0.396 e. The van der Waals surface area contributed by atoms with Gasteiger partial charge in [0.1, 0.15) is 0 Å². The first-order valence-electron chi connectivity index (χ1n) is 4.81. The summed E-state index contributed by atoms with van der Waals surface area (Å²) in [4.78, 5) is 4.33. The minimum atomic E-state index is 0.657. The van der Waals surface area contributed by atoms with E-state index < -0.39 is 0 Å². The van der Waals surface area contributed by atoms with Crippen LogP contribution < -0.4 is 16.6 Å². The van der Waals surface area contributed by atoms with Gasteiger partial charge in [-0.05, 0) is 29.9 Å². The highest BCUT2D eigenvalue weighted by Gasteiger charge is 2.00. The molecule has 3 nitrogen and oxygen atoms in total. The molecule has 0 atom stereocenters. The van der Waals surface area contributed by atoms with Gasteiger partial charge in [-0.1, -0.05) is 18.2 Å². The zero-order valence-corrected chi connectivity index (χ0v) is 8.57. The van der Waals surface area contributed by atoms with E-state index in [1.54, 1.807) is 0 Å². The highest BCUT2D eigenvalue weighted by Crippen LogP contribution is 2.18. The standard InChI is InChI=1S/C11H12BN3/c12-10-7-6-9(13)11(15-10)14-8-4-2-1-3-5-8/h1-7H,12-13H2,(H,14,15). The summed E-state index contributed by atoms with van der Waals surface area (Å²) in [5.74, 6) is 0.709. The Balaban J connectivity index is 2.28. The molecular formula is C11H12BN3. The van der Waals surface area contributed by atoms with Gasteiger partial charge in [-0.15, -0.1) is 0 Å². The first-order chi connectivity index (χ1) is 7.25. The molecule has 2 aromatic rings. The van der Waals surface area contributed by atoms with Gasteiger partial charge in [0.25, 0.3) is 0 Å². The second kappa shape index (κ2) is 4.04. The SMILES string of the molecule is Bc1ccc(N)c(Nc2ccccc2)n1. The molecule has 1 aromatic carbocycles. The zero-order valence-electron chi connectivity index (χ0n) is 8.57. The average Bonchev–Trinajstić information content (AvgIpc) is 2.25. The highest BCUT2D eigenvalue weighted by atomic mass is 15.0. The summed E-state index contributed by atoms with van der Waals surface area (Å²) < 4.78 is 0. The number of para-hydroxylation sites is 1. The van der Waals surface area contributed by atoms with Crippen LogP contribution in [0.25, 0.3) is 0 Å². The first kappa shape index (κ1) is 9.58. The number of hydrogen-bond acceptors (Lipinski definition) is 3. The van der Waals surface area contributed by atoms with Gasteiger partial charge in [0, 0.05) is 5.69 Å². The maximum atomic E-state index is 5.81. The summed E-state index contributed by atoms with van der Waals surface area (Å²) >= 11 is 0. The van der Waals surface area contributed by atoms with Crippen LogP contribution in [0.4, 0.5) is 17.2 Å². The number of benzene rings is 1. The van der Waals surface area contributed by atoms with Gasteiger partial charge in [0.15, 0.2) is 13.7 Å². The lowest BCUT2D eigenvalue weighted by Crippen LogP contribution is -2.11. The van der Waals surface area contributed by atoms with Crippen molar-refractivity contribution in [3.63, 3.8) is 0 Å². The summed E-state index contributed by atoms with van der Waals surface area (Å²) in [6.45, 7) is 0. The van der Waals surface area contributed by atoms with Crippen molar-refractivity contribution in [2.75, 3.05) is 11.1 Å². The van der Waals surface area contributed by atoms with Gasteiger partial charge in [-0.2, -0.15) is 0 Å². The van der Waals surface area contributed by atoms with Crippen LogP contribution in [0.15, 0.2) is 42.5 Å². The Labute approximate surface area is 89.7 Å². The minimum absolute atomic E-state index is 0.657. The molecule has 74 valence electrons. The lowest BCUT2D eigenvalue weighted by molar-refractivity contribution is 1.36. The first-order valence-corrected chi connectivity index (χ1v) is 4.81. The normalized spacial score (nSPS) is 9.87. The zero-order chi connectivity index (χ0) is 10.7. The second-order valence-corrected chi connectivity index (χ2v) is 3.38. The maximum absolute atomic E-state index is 5.81. The molecule has 0 saturated carbocycles. The van der Waals surface area contributed by atoms with Gasteiger partial charge in [-0.3, -0.25) is 0 Å². The molecule has 4 heteroatoms. The molecule has 0 spiro atoms. The quantitative estimate of drug-likeness (QED) is 0.695. The molecule has 2 rings (SSSR count). The maximum Gasteiger partial charge on any atom is 0.164 e. The summed E-state index contributed by atoms with van der Waals surface area (Å²) in [6, 6.07) is 13.6. The van der Waals surface area contributed by atoms with Crippen LogP contribution in [0.5, 0.6) is 0 Å². The van der Waals surface area contributed by atoms with Gasteiger partial charge in [-0.25, -0.2) is 4.98 Å². The molecule has 0 fully saturated rings. The molecule has 0 amide bonds. The van der Waals surface area contributed by atoms with E-state index >= 15 is 0 Å². The third-order valence-electron chi connectivity index (χ3n) is 2.10. The molecule has 1 aromatic heterocycles. The van der Waals surface area contributed by atoms with E-state index in [-0.39, 0.29) is 0 Å². The molecule has 0 unspecified atom stereocenters. The molecule has 3 N–H and O–H groups in total. The van der Waals surface area contributed by atoms with Crippen molar-refractivity contribution in [2.45, 2.75) is 0 Å². The van der Waals surface area contributed by atoms with Crippen molar-refractivity contribution in [3.8, 4) is 0 Å². The summed E-state index contributed by atoms with van der Waals surface area (Å²) in [5, 5.41) is 3.18. The Morgan fingerprint density at radius 3 is 2.53 bits per heavy atom. The Hall–Kier alpha value is -1.97. The van der Waals surface area contributed by atoms with E-state index in [2.05, 4.69) is 10.3 Å². The number of anilines is 3. The van der Waals surface area contributed by atoms with Crippen LogP contribution >= 0.6 is 0 Å². The van der Waals surface area contributed by atoms with E-state index in [1.807, 2.05) is 50.3 Å². The van der Waals surface area contributed by atoms with Crippen molar-refractivity contribution in [1.29, 1.82) is 0 Å². The van der Waals surface area contributed by atoms with E-state index in [4.69, 9.17) is 5.73 Å². The molecule has 1 heterocycles. The smallest absolute Gasteiger partial charge is 0.164 e. The van der Waals surface area contributed by atoms with Crippen molar-refractivity contribution in [2.24, 2.45) is 0 Å². The monoisotopic (exact) mass is 197 g/mol. The lowest BCUT2D eigenvalue weighted by atomic mass is 10.0. The van der Waals surface area contributed by atoms with Gasteiger partial charge < -0.3 is 11.1 Å². The Morgan fingerprint density at radius 2 is 1.80 bits per heavy atom. The van der Waals surface area contributed by atoms with Crippen LogP contribution in [0, 0.1) is 0 Å². The number of pyridine rings is 1. The number of aromatic nitrogens is 1. The average molecular weight is 197 g/mol. The summed E-state index contributed by atoms with van der Waals surface area (Å²) in [7, 11) is 1.94. The van der Waals surface area contributed by atoms with E-state index in [0.29, 0.717) is 11.5 Å².